The average molecular weight is 366 g/mol. The van der Waals surface area contributed by atoms with Crippen molar-refractivity contribution in [2.45, 2.75) is 32.1 Å². The Balaban J connectivity index is 0.00000225. The van der Waals surface area contributed by atoms with E-state index in [0.717, 1.165) is 44.2 Å². The third-order valence-corrected chi connectivity index (χ3v) is 5.60. The predicted octanol–water partition coefficient (Wildman–Crippen LogP) is 2.53. The van der Waals surface area contributed by atoms with Crippen molar-refractivity contribution in [2.75, 3.05) is 45.8 Å². The maximum absolute atomic E-state index is 13.0. The first kappa shape index (κ1) is 20.2. The van der Waals surface area contributed by atoms with Crippen LogP contribution >= 0.6 is 12.4 Å². The van der Waals surface area contributed by atoms with Crippen molar-refractivity contribution in [3.8, 4) is 0 Å². The Morgan fingerprint density at radius 2 is 1.84 bits per heavy atom. The number of benzene rings is 1. The van der Waals surface area contributed by atoms with Gasteiger partial charge in [-0.15, -0.1) is 12.4 Å². The lowest BCUT2D eigenvalue weighted by molar-refractivity contribution is -0.138. The summed E-state index contributed by atoms with van der Waals surface area (Å²) in [4.78, 5) is 17.6. The van der Waals surface area contributed by atoms with Crippen LogP contribution in [0, 0.1) is 5.92 Å². The number of carbonyl (C=O) groups excluding carboxylic acids is 1. The molecule has 1 unspecified atom stereocenters. The van der Waals surface area contributed by atoms with Crippen LogP contribution in [0.1, 0.15) is 32.3 Å². The Labute approximate surface area is 158 Å². The summed E-state index contributed by atoms with van der Waals surface area (Å²) < 4.78 is 0. The van der Waals surface area contributed by atoms with E-state index in [-0.39, 0.29) is 18.3 Å². The van der Waals surface area contributed by atoms with Gasteiger partial charge in [-0.05, 0) is 51.3 Å². The van der Waals surface area contributed by atoms with Gasteiger partial charge in [0.1, 0.15) is 0 Å². The predicted molar refractivity (Wildman–Crippen MR) is 105 cm³/mol. The molecule has 1 aromatic carbocycles. The summed E-state index contributed by atoms with van der Waals surface area (Å²) in [7, 11) is 0. The molecular formula is C20H32ClN3O. The zero-order valence-corrected chi connectivity index (χ0v) is 16.4. The Morgan fingerprint density at radius 3 is 2.44 bits per heavy atom. The molecule has 0 aliphatic carbocycles. The lowest BCUT2D eigenvalue weighted by Crippen LogP contribution is -2.54. The lowest BCUT2D eigenvalue weighted by atomic mass is 9.83. The minimum Gasteiger partial charge on any atom is -0.339 e. The molecule has 4 nitrogen and oxygen atoms in total. The number of carbonyl (C=O) groups is 1. The molecule has 0 saturated carbocycles. The third kappa shape index (κ3) is 4.96. The molecule has 5 heteroatoms. The Morgan fingerprint density at radius 1 is 1.16 bits per heavy atom. The minimum atomic E-state index is -0.448. The van der Waals surface area contributed by atoms with Gasteiger partial charge in [0.15, 0.2) is 0 Å². The molecule has 0 spiro atoms. The van der Waals surface area contributed by atoms with Crippen molar-refractivity contribution in [1.82, 2.24) is 15.1 Å². The smallest absolute Gasteiger partial charge is 0.232 e. The van der Waals surface area contributed by atoms with E-state index >= 15 is 0 Å². The van der Waals surface area contributed by atoms with Crippen molar-refractivity contribution in [3.63, 3.8) is 0 Å². The van der Waals surface area contributed by atoms with Gasteiger partial charge in [0.2, 0.25) is 5.91 Å². The molecule has 1 amide bonds. The highest BCUT2D eigenvalue weighted by molar-refractivity contribution is 5.87. The standard InChI is InChI=1S/C20H31N3O.ClH/c1-20(2,18-8-4-3-5-9-18)19(24)23-13-11-22(12-14-23)16-17-7-6-10-21-15-17;/h3-5,8-9,17,21H,6-7,10-16H2,1-2H3;1H. The van der Waals surface area contributed by atoms with Crippen LogP contribution < -0.4 is 5.32 Å². The third-order valence-electron chi connectivity index (χ3n) is 5.60. The summed E-state index contributed by atoms with van der Waals surface area (Å²) in [6.07, 6.45) is 2.64. The largest absolute Gasteiger partial charge is 0.339 e. The summed E-state index contributed by atoms with van der Waals surface area (Å²) in [5.41, 5.74) is 0.655. The molecular weight excluding hydrogens is 334 g/mol. The molecule has 2 saturated heterocycles. The molecule has 140 valence electrons. The molecule has 1 N–H and O–H groups in total. The second kappa shape index (κ2) is 9.02. The van der Waals surface area contributed by atoms with Crippen LogP contribution in [0.4, 0.5) is 0 Å². The first-order chi connectivity index (χ1) is 11.6. The zero-order chi connectivity index (χ0) is 17.0. The molecule has 2 fully saturated rings. The van der Waals surface area contributed by atoms with Crippen molar-refractivity contribution >= 4 is 18.3 Å². The molecule has 2 aliphatic rings. The lowest BCUT2D eigenvalue weighted by Gasteiger charge is -2.40. The van der Waals surface area contributed by atoms with Crippen LogP contribution in [-0.2, 0) is 10.2 Å². The van der Waals surface area contributed by atoms with E-state index in [4.69, 9.17) is 0 Å². The van der Waals surface area contributed by atoms with Crippen molar-refractivity contribution < 1.29 is 4.79 Å². The van der Waals surface area contributed by atoms with E-state index in [0.29, 0.717) is 0 Å². The van der Waals surface area contributed by atoms with Gasteiger partial charge in [-0.3, -0.25) is 9.69 Å². The number of piperazine rings is 1. The van der Waals surface area contributed by atoms with Crippen LogP contribution in [0.3, 0.4) is 0 Å². The van der Waals surface area contributed by atoms with Gasteiger partial charge in [0.05, 0.1) is 5.41 Å². The van der Waals surface area contributed by atoms with Crippen molar-refractivity contribution in [2.24, 2.45) is 5.92 Å². The normalized spacial score (nSPS) is 22.3. The summed E-state index contributed by atoms with van der Waals surface area (Å²) in [5, 5.41) is 3.50. The average Bonchev–Trinajstić information content (AvgIpc) is 2.63. The zero-order valence-electron chi connectivity index (χ0n) is 15.5. The van der Waals surface area contributed by atoms with Gasteiger partial charge in [0.25, 0.3) is 0 Å². The maximum atomic E-state index is 13.0. The molecule has 1 aromatic rings. The van der Waals surface area contributed by atoms with Crippen molar-refractivity contribution in [3.05, 3.63) is 35.9 Å². The summed E-state index contributed by atoms with van der Waals surface area (Å²) in [6.45, 7) is 11.3. The highest BCUT2D eigenvalue weighted by atomic mass is 35.5. The van der Waals surface area contributed by atoms with E-state index in [1.807, 2.05) is 32.0 Å². The van der Waals surface area contributed by atoms with Gasteiger partial charge >= 0.3 is 0 Å². The van der Waals surface area contributed by atoms with Crippen molar-refractivity contribution in [1.29, 1.82) is 0 Å². The topological polar surface area (TPSA) is 35.6 Å². The summed E-state index contributed by atoms with van der Waals surface area (Å²) in [6, 6.07) is 10.2. The van der Waals surface area contributed by atoms with Gasteiger partial charge in [0, 0.05) is 32.7 Å². The van der Waals surface area contributed by atoms with E-state index < -0.39 is 5.41 Å². The number of halogens is 1. The number of nitrogens with one attached hydrogen (secondary N) is 1. The molecule has 2 heterocycles. The first-order valence-electron chi connectivity index (χ1n) is 9.35. The molecule has 1 atom stereocenters. The molecule has 3 rings (SSSR count). The minimum absolute atomic E-state index is 0. The van der Waals surface area contributed by atoms with Gasteiger partial charge in [-0.2, -0.15) is 0 Å². The van der Waals surface area contributed by atoms with Crippen LogP contribution in [0.5, 0.6) is 0 Å². The number of nitrogens with zero attached hydrogens (tertiary/aromatic N) is 2. The van der Waals surface area contributed by atoms with E-state index in [1.54, 1.807) is 0 Å². The number of amides is 1. The Kier molecular flexibility index (Phi) is 7.29. The molecule has 0 bridgehead atoms. The fourth-order valence-electron chi connectivity index (χ4n) is 3.95. The first-order valence-corrected chi connectivity index (χ1v) is 9.35. The summed E-state index contributed by atoms with van der Waals surface area (Å²) in [5.74, 6) is 1.04. The Bertz CT molecular complexity index is 535. The van der Waals surface area contributed by atoms with Crippen LogP contribution in [0.2, 0.25) is 0 Å². The van der Waals surface area contributed by atoms with Gasteiger partial charge in [-0.25, -0.2) is 0 Å². The Hall–Kier alpha value is -1.10. The number of hydrogen-bond donors (Lipinski definition) is 1. The monoisotopic (exact) mass is 365 g/mol. The number of hydrogen-bond acceptors (Lipinski definition) is 3. The molecule has 2 aliphatic heterocycles. The highest BCUT2D eigenvalue weighted by Gasteiger charge is 2.35. The quantitative estimate of drug-likeness (QED) is 0.890. The fourth-order valence-corrected chi connectivity index (χ4v) is 3.95. The second-order valence-electron chi connectivity index (χ2n) is 7.80. The van der Waals surface area contributed by atoms with E-state index in [1.165, 1.54) is 25.9 Å². The van der Waals surface area contributed by atoms with Crippen LogP contribution in [0.25, 0.3) is 0 Å². The molecule has 0 radical (unpaired) electrons. The summed E-state index contributed by atoms with van der Waals surface area (Å²) >= 11 is 0. The van der Waals surface area contributed by atoms with Gasteiger partial charge in [-0.1, -0.05) is 30.3 Å². The van der Waals surface area contributed by atoms with E-state index in [9.17, 15) is 4.79 Å². The number of rotatable bonds is 4. The maximum Gasteiger partial charge on any atom is 0.232 e. The second-order valence-corrected chi connectivity index (χ2v) is 7.80. The fraction of sp³-hybridized carbons (Fsp3) is 0.650. The van der Waals surface area contributed by atoms with Gasteiger partial charge < -0.3 is 10.2 Å². The van der Waals surface area contributed by atoms with E-state index in [2.05, 4.69) is 27.2 Å². The molecule has 25 heavy (non-hydrogen) atoms. The highest BCUT2D eigenvalue weighted by Crippen LogP contribution is 2.26. The SMILES string of the molecule is CC(C)(C(=O)N1CCN(CC2CCCNC2)CC1)c1ccccc1.Cl. The number of piperidine rings is 1. The van der Waals surface area contributed by atoms with Crippen LogP contribution in [-0.4, -0.2) is 61.5 Å². The van der Waals surface area contributed by atoms with Crippen LogP contribution in [0.15, 0.2) is 30.3 Å². The molecule has 0 aromatic heterocycles.